The summed E-state index contributed by atoms with van der Waals surface area (Å²) in [4.78, 5) is 30.5. The molecule has 198 valence electrons. The summed E-state index contributed by atoms with van der Waals surface area (Å²) >= 11 is 6.39. The van der Waals surface area contributed by atoms with Gasteiger partial charge in [-0.3, -0.25) is 9.59 Å². The minimum absolute atomic E-state index is 0.0222. The molecular weight excluding hydrogens is 486 g/mol. The second-order valence-electron chi connectivity index (χ2n) is 9.83. The summed E-state index contributed by atoms with van der Waals surface area (Å²) < 4.78 is 7.31. The number of methoxy groups -OCH3 is 1. The zero-order chi connectivity index (χ0) is 26.8. The Bertz CT molecular complexity index is 1160. The lowest BCUT2D eigenvalue weighted by Gasteiger charge is -2.29. The Morgan fingerprint density at radius 3 is 2.41 bits per heavy atom. The molecular formula is C30H38ClN3O3. The van der Waals surface area contributed by atoms with Gasteiger partial charge in [0.15, 0.2) is 0 Å². The fourth-order valence-electron chi connectivity index (χ4n) is 4.24. The number of nitrogens with zero attached hydrogens (tertiary/aromatic N) is 3. The maximum absolute atomic E-state index is 13.6. The summed E-state index contributed by atoms with van der Waals surface area (Å²) in [5, 5.41) is 0.721. The second-order valence-corrected chi connectivity index (χ2v) is 10.2. The standard InChI is InChI=1S/C30H38ClN3O3/c1-23(2)19-34(21-27-10-7-16-32(27)20-26-9-5-6-11-28(26)31)29(35)22-33(17-8-18-37-4)30(36)25-14-12-24(3)13-15-25/h5-7,9-16,23H,8,17-22H2,1-4H3. The zero-order valence-corrected chi connectivity index (χ0v) is 23.1. The summed E-state index contributed by atoms with van der Waals surface area (Å²) in [6.07, 6.45) is 2.67. The summed E-state index contributed by atoms with van der Waals surface area (Å²) in [5.74, 6) is 0.0683. The molecule has 7 heteroatoms. The van der Waals surface area contributed by atoms with Gasteiger partial charge in [0.2, 0.25) is 5.91 Å². The van der Waals surface area contributed by atoms with Crippen LogP contribution in [0.2, 0.25) is 5.02 Å². The quantitative estimate of drug-likeness (QED) is 0.271. The van der Waals surface area contributed by atoms with E-state index in [1.807, 2.05) is 78.7 Å². The predicted molar refractivity (Wildman–Crippen MR) is 149 cm³/mol. The number of carbonyl (C=O) groups excluding carboxylic acids is 2. The lowest BCUT2D eigenvalue weighted by atomic mass is 10.1. The third kappa shape index (κ3) is 8.48. The molecule has 0 fully saturated rings. The largest absolute Gasteiger partial charge is 0.385 e. The average molecular weight is 524 g/mol. The predicted octanol–water partition coefficient (Wildman–Crippen LogP) is 5.66. The molecule has 1 aromatic heterocycles. The Morgan fingerprint density at radius 2 is 1.73 bits per heavy atom. The molecule has 0 saturated carbocycles. The molecule has 0 aliphatic heterocycles. The van der Waals surface area contributed by atoms with E-state index in [0.29, 0.717) is 44.8 Å². The molecule has 0 saturated heterocycles. The summed E-state index contributed by atoms with van der Waals surface area (Å²) in [6, 6.07) is 19.3. The molecule has 37 heavy (non-hydrogen) atoms. The van der Waals surface area contributed by atoms with Crippen molar-refractivity contribution < 1.29 is 14.3 Å². The fraction of sp³-hybridized carbons (Fsp3) is 0.400. The summed E-state index contributed by atoms with van der Waals surface area (Å²) in [7, 11) is 1.64. The van der Waals surface area contributed by atoms with Crippen molar-refractivity contribution in [3.8, 4) is 0 Å². The smallest absolute Gasteiger partial charge is 0.254 e. The third-order valence-electron chi connectivity index (χ3n) is 6.20. The normalized spacial score (nSPS) is 11.1. The van der Waals surface area contributed by atoms with E-state index in [4.69, 9.17) is 16.3 Å². The Kier molecular flexibility index (Phi) is 10.8. The molecule has 0 radical (unpaired) electrons. The molecule has 1 heterocycles. The Labute approximate surface area is 225 Å². The zero-order valence-electron chi connectivity index (χ0n) is 22.3. The van der Waals surface area contributed by atoms with Gasteiger partial charge in [-0.05, 0) is 55.2 Å². The average Bonchev–Trinajstić information content (AvgIpc) is 3.30. The van der Waals surface area contributed by atoms with Crippen molar-refractivity contribution in [3.05, 3.63) is 94.3 Å². The first-order valence-corrected chi connectivity index (χ1v) is 13.2. The minimum Gasteiger partial charge on any atom is -0.385 e. The SMILES string of the molecule is COCCCN(CC(=O)N(Cc1cccn1Cc1ccccc1Cl)CC(C)C)C(=O)c1ccc(C)cc1. The first-order chi connectivity index (χ1) is 17.8. The molecule has 6 nitrogen and oxygen atoms in total. The minimum atomic E-state index is -0.143. The van der Waals surface area contributed by atoms with Gasteiger partial charge in [0.25, 0.3) is 5.91 Å². The molecule has 0 N–H and O–H groups in total. The van der Waals surface area contributed by atoms with Gasteiger partial charge in [-0.1, -0.05) is 61.3 Å². The number of rotatable bonds is 13. The van der Waals surface area contributed by atoms with E-state index in [-0.39, 0.29) is 24.3 Å². The van der Waals surface area contributed by atoms with E-state index < -0.39 is 0 Å². The van der Waals surface area contributed by atoms with Gasteiger partial charge in [0, 0.05) is 55.8 Å². The number of carbonyl (C=O) groups is 2. The molecule has 3 rings (SSSR count). The highest BCUT2D eigenvalue weighted by molar-refractivity contribution is 6.31. The Hall–Kier alpha value is -3.09. The van der Waals surface area contributed by atoms with E-state index in [9.17, 15) is 9.59 Å². The van der Waals surface area contributed by atoms with Crippen LogP contribution in [0.1, 0.15) is 47.4 Å². The van der Waals surface area contributed by atoms with Crippen molar-refractivity contribution in [2.24, 2.45) is 5.92 Å². The molecule has 0 spiro atoms. The fourth-order valence-corrected chi connectivity index (χ4v) is 4.44. The number of aromatic nitrogens is 1. The lowest BCUT2D eigenvalue weighted by molar-refractivity contribution is -0.133. The van der Waals surface area contributed by atoms with Crippen molar-refractivity contribution >= 4 is 23.4 Å². The Balaban J connectivity index is 1.78. The molecule has 0 aliphatic rings. The maximum Gasteiger partial charge on any atom is 0.254 e. The first kappa shape index (κ1) is 28.5. The third-order valence-corrected chi connectivity index (χ3v) is 6.57. The molecule has 2 aromatic carbocycles. The topological polar surface area (TPSA) is 54.8 Å². The van der Waals surface area contributed by atoms with Crippen LogP contribution in [0.3, 0.4) is 0 Å². The van der Waals surface area contributed by atoms with Gasteiger partial charge in [0.05, 0.1) is 6.54 Å². The van der Waals surface area contributed by atoms with Gasteiger partial charge in [-0.15, -0.1) is 0 Å². The van der Waals surface area contributed by atoms with E-state index in [1.54, 1.807) is 12.0 Å². The highest BCUT2D eigenvalue weighted by Crippen LogP contribution is 2.19. The van der Waals surface area contributed by atoms with Crippen LogP contribution in [0.4, 0.5) is 0 Å². The summed E-state index contributed by atoms with van der Waals surface area (Å²) in [5.41, 5.74) is 3.71. The highest BCUT2D eigenvalue weighted by atomic mass is 35.5. The van der Waals surface area contributed by atoms with Crippen LogP contribution in [0.5, 0.6) is 0 Å². The van der Waals surface area contributed by atoms with Crippen LogP contribution in [0.15, 0.2) is 66.9 Å². The first-order valence-electron chi connectivity index (χ1n) is 12.8. The van der Waals surface area contributed by atoms with Crippen LogP contribution >= 0.6 is 11.6 Å². The molecule has 3 aromatic rings. The number of hydrogen-bond donors (Lipinski definition) is 0. The van der Waals surface area contributed by atoms with Crippen molar-refractivity contribution in [2.45, 2.75) is 40.3 Å². The number of halogens is 1. The number of benzene rings is 2. The van der Waals surface area contributed by atoms with Crippen LogP contribution < -0.4 is 0 Å². The van der Waals surface area contributed by atoms with Crippen LogP contribution in [-0.4, -0.2) is 59.5 Å². The van der Waals surface area contributed by atoms with Gasteiger partial charge in [-0.25, -0.2) is 0 Å². The van der Waals surface area contributed by atoms with Gasteiger partial charge < -0.3 is 19.1 Å². The van der Waals surface area contributed by atoms with E-state index >= 15 is 0 Å². The number of amides is 2. The lowest BCUT2D eigenvalue weighted by Crippen LogP contribution is -2.44. The Morgan fingerprint density at radius 1 is 1.00 bits per heavy atom. The van der Waals surface area contributed by atoms with Crippen LogP contribution in [0.25, 0.3) is 0 Å². The molecule has 0 unspecified atom stereocenters. The number of hydrogen-bond acceptors (Lipinski definition) is 3. The van der Waals surface area contributed by atoms with E-state index in [1.165, 1.54) is 0 Å². The van der Waals surface area contributed by atoms with Gasteiger partial charge in [0.1, 0.15) is 6.54 Å². The molecule has 2 amide bonds. The number of aryl methyl sites for hydroxylation is 1. The van der Waals surface area contributed by atoms with Crippen molar-refractivity contribution in [1.29, 1.82) is 0 Å². The summed E-state index contributed by atoms with van der Waals surface area (Å²) in [6.45, 7) is 8.85. The van der Waals surface area contributed by atoms with Crippen molar-refractivity contribution in [2.75, 3.05) is 33.4 Å². The monoisotopic (exact) mass is 523 g/mol. The molecule has 0 bridgehead atoms. The number of ether oxygens (including phenoxy) is 1. The van der Waals surface area contributed by atoms with Crippen molar-refractivity contribution in [3.63, 3.8) is 0 Å². The van der Waals surface area contributed by atoms with Gasteiger partial charge in [-0.2, -0.15) is 0 Å². The van der Waals surface area contributed by atoms with Crippen LogP contribution in [-0.2, 0) is 22.6 Å². The maximum atomic E-state index is 13.6. The van der Waals surface area contributed by atoms with Crippen molar-refractivity contribution in [1.82, 2.24) is 14.4 Å². The van der Waals surface area contributed by atoms with E-state index in [0.717, 1.165) is 21.8 Å². The van der Waals surface area contributed by atoms with E-state index in [2.05, 4.69) is 18.4 Å². The second kappa shape index (κ2) is 14.0. The highest BCUT2D eigenvalue weighted by Gasteiger charge is 2.23. The van der Waals surface area contributed by atoms with Gasteiger partial charge >= 0.3 is 0 Å². The molecule has 0 aliphatic carbocycles. The molecule has 0 atom stereocenters. The van der Waals surface area contributed by atoms with Crippen LogP contribution in [0, 0.1) is 12.8 Å².